The van der Waals surface area contributed by atoms with Gasteiger partial charge in [0.25, 0.3) is 0 Å². The molecule has 1 atom stereocenters. The largest absolute Gasteiger partial charge is 0.272 e. The first-order chi connectivity index (χ1) is 13.8. The average Bonchev–Trinajstić information content (AvgIpc) is 2.79. The van der Waals surface area contributed by atoms with Crippen LogP contribution in [0.2, 0.25) is 0 Å². The summed E-state index contributed by atoms with van der Waals surface area (Å²) in [5.74, 6) is 0. The second-order valence-corrected chi connectivity index (χ2v) is 6.50. The fourth-order valence-electron chi connectivity index (χ4n) is 3.39. The number of nitrogens with zero attached hydrogens (tertiary/aromatic N) is 3. The van der Waals surface area contributed by atoms with Gasteiger partial charge in [0.05, 0.1) is 0 Å². The van der Waals surface area contributed by atoms with Gasteiger partial charge in [-0.1, -0.05) is 24.3 Å². The number of benzene rings is 2. The molecule has 0 bridgehead atoms. The van der Waals surface area contributed by atoms with Crippen LogP contribution in [0.3, 0.4) is 0 Å². The van der Waals surface area contributed by atoms with Crippen molar-refractivity contribution in [1.82, 2.24) is 0 Å². The lowest BCUT2D eigenvalue weighted by molar-refractivity contribution is -0.768. The number of nitrogens with one attached hydrogen (secondary N) is 1. The molecule has 0 aliphatic carbocycles. The highest BCUT2D eigenvalue weighted by Gasteiger charge is 2.17. The van der Waals surface area contributed by atoms with Gasteiger partial charge in [0.15, 0.2) is 18.1 Å². The van der Waals surface area contributed by atoms with E-state index in [1.807, 2.05) is 65.5 Å². The minimum absolute atomic E-state index is 0.646. The lowest BCUT2D eigenvalue weighted by Gasteiger charge is -2.17. The summed E-state index contributed by atoms with van der Waals surface area (Å²) in [4.78, 5) is 1.15. The van der Waals surface area contributed by atoms with Crippen molar-refractivity contribution >= 4 is 11.3 Å². The molecule has 132 valence electrons. The van der Waals surface area contributed by atoms with Gasteiger partial charge >= 0.3 is 0 Å². The molecule has 1 aliphatic heterocycles. The van der Waals surface area contributed by atoms with Gasteiger partial charge in [0, 0.05) is 24.3 Å². The number of hydrogen-bond acceptors (Lipinski definition) is 2. The molecule has 1 aromatic heterocycles. The van der Waals surface area contributed by atoms with E-state index in [0.29, 0.717) is 11.1 Å². The number of rotatable bonds is 3. The Labute approximate surface area is 164 Å². The van der Waals surface area contributed by atoms with Crippen molar-refractivity contribution in [1.29, 1.82) is 10.5 Å². The Bertz CT molecular complexity index is 1160. The topological polar surface area (TPSA) is 55.9 Å². The van der Waals surface area contributed by atoms with Crippen molar-refractivity contribution in [2.75, 3.05) is 6.54 Å². The summed E-state index contributed by atoms with van der Waals surface area (Å²) in [6.45, 7) is 0.788. The SMILES string of the molecule is N#Cc1ccccc1-[n+]1ccc(C2=CC[NH+](c3ccccc3C#N)C=C2)cc1. The predicted octanol–water partition coefficient (Wildman–Crippen LogP) is 2.83. The van der Waals surface area contributed by atoms with Gasteiger partial charge in [-0.05, 0) is 35.4 Å². The Morgan fingerprint density at radius 3 is 2.18 bits per heavy atom. The van der Waals surface area contributed by atoms with Crippen LogP contribution in [0.4, 0.5) is 5.69 Å². The minimum atomic E-state index is 0.646. The van der Waals surface area contributed by atoms with E-state index in [0.717, 1.165) is 34.0 Å². The molecule has 4 rings (SSSR count). The molecule has 28 heavy (non-hydrogen) atoms. The van der Waals surface area contributed by atoms with Crippen LogP contribution in [0.1, 0.15) is 16.7 Å². The summed E-state index contributed by atoms with van der Waals surface area (Å²) in [6, 6.07) is 23.9. The Hall–Kier alpha value is -3.99. The number of nitriles is 2. The highest BCUT2D eigenvalue weighted by Crippen LogP contribution is 2.17. The molecule has 1 aliphatic rings. The monoisotopic (exact) mass is 362 g/mol. The highest BCUT2D eigenvalue weighted by atomic mass is 15.1. The van der Waals surface area contributed by atoms with E-state index in [9.17, 15) is 10.5 Å². The Kier molecular flexibility index (Phi) is 4.80. The molecule has 0 radical (unpaired) electrons. The third kappa shape index (κ3) is 3.33. The van der Waals surface area contributed by atoms with E-state index >= 15 is 0 Å². The van der Waals surface area contributed by atoms with Crippen LogP contribution in [0.15, 0.2) is 91.4 Å². The molecule has 4 heteroatoms. The molecule has 2 heterocycles. The maximum absolute atomic E-state index is 9.31. The van der Waals surface area contributed by atoms with Crippen molar-refractivity contribution in [3.63, 3.8) is 0 Å². The molecular weight excluding hydrogens is 344 g/mol. The zero-order valence-corrected chi connectivity index (χ0v) is 15.2. The summed E-state index contributed by atoms with van der Waals surface area (Å²) in [7, 11) is 0. The van der Waals surface area contributed by atoms with Crippen molar-refractivity contribution < 1.29 is 9.47 Å². The van der Waals surface area contributed by atoms with Crippen LogP contribution in [-0.2, 0) is 0 Å². The lowest BCUT2D eigenvalue weighted by Crippen LogP contribution is -3.02. The first-order valence-electron chi connectivity index (χ1n) is 9.05. The molecular formula is C24H18N4+2. The Balaban J connectivity index is 1.55. The summed E-state index contributed by atoms with van der Waals surface area (Å²) >= 11 is 0. The van der Waals surface area contributed by atoms with Crippen LogP contribution < -0.4 is 9.47 Å². The number of para-hydroxylation sites is 2. The van der Waals surface area contributed by atoms with Crippen LogP contribution in [0, 0.1) is 22.7 Å². The van der Waals surface area contributed by atoms with Crippen molar-refractivity contribution in [2.24, 2.45) is 0 Å². The molecule has 1 N–H and O–H groups in total. The maximum atomic E-state index is 9.31. The van der Waals surface area contributed by atoms with Gasteiger partial charge in [-0.15, -0.1) is 0 Å². The Morgan fingerprint density at radius 1 is 0.821 bits per heavy atom. The quantitative estimate of drug-likeness (QED) is 0.729. The fraction of sp³-hybridized carbons (Fsp3) is 0.0417. The molecule has 2 aromatic carbocycles. The third-order valence-electron chi connectivity index (χ3n) is 4.86. The lowest BCUT2D eigenvalue weighted by atomic mass is 10.0. The maximum Gasteiger partial charge on any atom is 0.228 e. The van der Waals surface area contributed by atoms with Gasteiger partial charge < -0.3 is 0 Å². The second kappa shape index (κ2) is 7.72. The molecule has 0 spiro atoms. The van der Waals surface area contributed by atoms with E-state index in [-0.39, 0.29) is 0 Å². The van der Waals surface area contributed by atoms with E-state index in [1.54, 1.807) is 0 Å². The molecule has 0 amide bonds. The number of quaternary nitrogens is 1. The van der Waals surface area contributed by atoms with E-state index < -0.39 is 0 Å². The first-order valence-corrected chi connectivity index (χ1v) is 9.05. The van der Waals surface area contributed by atoms with Crippen molar-refractivity contribution in [3.8, 4) is 17.8 Å². The van der Waals surface area contributed by atoms with E-state index in [1.165, 1.54) is 0 Å². The molecule has 0 saturated heterocycles. The van der Waals surface area contributed by atoms with Gasteiger partial charge in [-0.25, -0.2) is 0 Å². The van der Waals surface area contributed by atoms with Crippen molar-refractivity contribution in [3.05, 3.63) is 108 Å². The molecule has 1 unspecified atom stereocenters. The number of aromatic nitrogens is 1. The smallest absolute Gasteiger partial charge is 0.228 e. The number of pyridine rings is 1. The second-order valence-electron chi connectivity index (χ2n) is 6.50. The highest BCUT2D eigenvalue weighted by molar-refractivity contribution is 5.74. The minimum Gasteiger partial charge on any atom is -0.272 e. The zero-order valence-electron chi connectivity index (χ0n) is 15.2. The zero-order chi connectivity index (χ0) is 19.3. The van der Waals surface area contributed by atoms with Crippen LogP contribution >= 0.6 is 0 Å². The van der Waals surface area contributed by atoms with Gasteiger partial charge in [-0.2, -0.15) is 15.1 Å². The molecule has 0 saturated carbocycles. The van der Waals surface area contributed by atoms with Crippen LogP contribution in [0.25, 0.3) is 11.3 Å². The summed E-state index contributed by atoms with van der Waals surface area (Å²) in [5, 5.41) is 18.6. The van der Waals surface area contributed by atoms with Gasteiger partial charge in [-0.3, -0.25) is 4.90 Å². The molecule has 0 fully saturated rings. The summed E-state index contributed by atoms with van der Waals surface area (Å²) < 4.78 is 1.95. The number of hydrogen-bond donors (Lipinski definition) is 1. The van der Waals surface area contributed by atoms with Crippen molar-refractivity contribution in [2.45, 2.75) is 0 Å². The Morgan fingerprint density at radius 2 is 1.50 bits per heavy atom. The van der Waals surface area contributed by atoms with Gasteiger partial charge in [0.1, 0.15) is 36.0 Å². The summed E-state index contributed by atoms with van der Waals surface area (Å²) in [6.07, 6.45) is 10.3. The molecule has 4 nitrogen and oxygen atoms in total. The number of allylic oxidation sites excluding steroid dienone is 2. The summed E-state index contributed by atoms with van der Waals surface area (Å²) in [5.41, 5.74) is 5.49. The fourth-order valence-corrected chi connectivity index (χ4v) is 3.39. The first kappa shape index (κ1) is 17.4. The normalized spacial score (nSPS) is 15.4. The molecule has 3 aromatic rings. The standard InChI is InChI=1S/C24H17N4/c25-17-21-5-1-3-7-23(21)27-13-9-19(10-14-27)20-11-15-28(16-12-20)24-8-4-2-6-22(24)18-26/h1-15H,16H2/q+1/p+1. The van der Waals surface area contributed by atoms with Crippen LogP contribution in [0.5, 0.6) is 0 Å². The average molecular weight is 362 g/mol. The third-order valence-corrected chi connectivity index (χ3v) is 4.86. The van der Waals surface area contributed by atoms with Crippen LogP contribution in [-0.4, -0.2) is 6.54 Å². The van der Waals surface area contributed by atoms with E-state index in [4.69, 9.17) is 0 Å². The predicted molar refractivity (Wildman–Crippen MR) is 106 cm³/mol. The van der Waals surface area contributed by atoms with E-state index in [2.05, 4.69) is 42.6 Å². The van der Waals surface area contributed by atoms with Gasteiger partial charge in [0.2, 0.25) is 5.69 Å².